The predicted molar refractivity (Wildman–Crippen MR) is 135 cm³/mol. The summed E-state index contributed by atoms with van der Waals surface area (Å²) in [6.45, 7) is 8.35. The smallest absolute Gasteiger partial charge is 0.338 e. The van der Waals surface area contributed by atoms with Crippen molar-refractivity contribution in [1.82, 2.24) is 0 Å². The monoisotopic (exact) mass is 550 g/mol. The van der Waals surface area contributed by atoms with Crippen molar-refractivity contribution in [2.75, 3.05) is 20.3 Å². The maximum Gasteiger partial charge on any atom is 0.338 e. The van der Waals surface area contributed by atoms with E-state index in [2.05, 4.69) is 0 Å². The maximum absolute atomic E-state index is 12.8. The zero-order chi connectivity index (χ0) is 27.7. The molecule has 2 aromatic carbocycles. The largest absolute Gasteiger partial charge is 0.497 e. The van der Waals surface area contributed by atoms with Crippen molar-refractivity contribution in [3.8, 4) is 5.75 Å². The summed E-state index contributed by atoms with van der Waals surface area (Å²) >= 11 is 0. The van der Waals surface area contributed by atoms with Crippen LogP contribution in [0.4, 0.5) is 0 Å². The van der Waals surface area contributed by atoms with Crippen molar-refractivity contribution >= 4 is 16.1 Å². The lowest BCUT2D eigenvalue weighted by atomic mass is 10.0. The molecular formula is C27H34O10S. The molecule has 0 radical (unpaired) electrons. The molecule has 2 aliphatic rings. The molecule has 4 rings (SSSR count). The van der Waals surface area contributed by atoms with E-state index in [4.69, 9.17) is 32.6 Å². The molecule has 0 spiro atoms. The Morgan fingerprint density at radius 2 is 1.34 bits per heavy atom. The highest BCUT2D eigenvalue weighted by molar-refractivity contribution is 7.86. The van der Waals surface area contributed by atoms with Crippen molar-refractivity contribution in [1.29, 1.82) is 0 Å². The van der Waals surface area contributed by atoms with Crippen LogP contribution in [-0.2, 0) is 38.0 Å². The summed E-state index contributed by atoms with van der Waals surface area (Å²) in [4.78, 5) is 12.7. The van der Waals surface area contributed by atoms with Gasteiger partial charge in [0.05, 0.1) is 24.2 Å². The molecule has 0 amide bonds. The number of benzene rings is 2. The van der Waals surface area contributed by atoms with Gasteiger partial charge in [-0.1, -0.05) is 17.7 Å². The van der Waals surface area contributed by atoms with Crippen LogP contribution in [0.15, 0.2) is 53.4 Å². The van der Waals surface area contributed by atoms with Gasteiger partial charge in [0.1, 0.15) is 36.8 Å². The molecule has 4 atom stereocenters. The van der Waals surface area contributed by atoms with E-state index in [9.17, 15) is 13.2 Å². The second kappa shape index (κ2) is 10.9. The van der Waals surface area contributed by atoms with Gasteiger partial charge in [0, 0.05) is 0 Å². The van der Waals surface area contributed by atoms with Crippen LogP contribution < -0.4 is 4.74 Å². The van der Waals surface area contributed by atoms with E-state index in [1.807, 2.05) is 6.92 Å². The van der Waals surface area contributed by atoms with E-state index in [-0.39, 0.29) is 18.1 Å². The maximum atomic E-state index is 12.8. The van der Waals surface area contributed by atoms with Crippen LogP contribution in [0.25, 0.3) is 0 Å². The second-order valence-electron chi connectivity index (χ2n) is 10.2. The van der Waals surface area contributed by atoms with Crippen molar-refractivity contribution in [3.05, 3.63) is 59.7 Å². The molecule has 0 saturated carbocycles. The Kier molecular flexibility index (Phi) is 8.17. The average Bonchev–Trinajstić information content (AvgIpc) is 3.35. The van der Waals surface area contributed by atoms with Gasteiger partial charge in [-0.25, -0.2) is 4.79 Å². The van der Waals surface area contributed by atoms with Gasteiger partial charge in [0.25, 0.3) is 10.1 Å². The fourth-order valence-electron chi connectivity index (χ4n) is 4.44. The van der Waals surface area contributed by atoms with Crippen LogP contribution in [0.5, 0.6) is 5.75 Å². The molecule has 2 aliphatic heterocycles. The molecule has 2 aromatic rings. The summed E-state index contributed by atoms with van der Waals surface area (Å²) in [7, 11) is -2.49. The summed E-state index contributed by atoms with van der Waals surface area (Å²) in [5.74, 6) is -1.95. The SMILES string of the molecule is COc1ccc(C(=O)OC[C@H]2OC(C)(C)O[C@@H]2[C@@H]2OC(C)(C)O[C@H]2COS(=O)(=O)c2ccc(C)cc2)cc1. The van der Waals surface area contributed by atoms with E-state index in [0.29, 0.717) is 11.3 Å². The summed E-state index contributed by atoms with van der Waals surface area (Å²) < 4.78 is 65.8. The minimum absolute atomic E-state index is 0.0442. The lowest BCUT2D eigenvalue weighted by Crippen LogP contribution is -2.45. The first-order valence-corrected chi connectivity index (χ1v) is 13.7. The van der Waals surface area contributed by atoms with E-state index >= 15 is 0 Å². The Morgan fingerprint density at radius 1 is 0.816 bits per heavy atom. The average molecular weight is 551 g/mol. The first-order chi connectivity index (χ1) is 17.8. The first kappa shape index (κ1) is 28.5. The zero-order valence-corrected chi connectivity index (χ0v) is 23.1. The van der Waals surface area contributed by atoms with Gasteiger partial charge in [0.15, 0.2) is 11.6 Å². The Morgan fingerprint density at radius 3 is 1.87 bits per heavy atom. The molecule has 11 heteroatoms. The van der Waals surface area contributed by atoms with Crippen LogP contribution in [0, 0.1) is 6.92 Å². The minimum atomic E-state index is -4.03. The first-order valence-electron chi connectivity index (χ1n) is 12.3. The van der Waals surface area contributed by atoms with Gasteiger partial charge in [-0.05, 0) is 71.0 Å². The van der Waals surface area contributed by atoms with E-state index in [1.54, 1.807) is 71.2 Å². The van der Waals surface area contributed by atoms with Crippen molar-refractivity contribution in [2.45, 2.75) is 75.5 Å². The standard InChI is InChI=1S/C27H34O10S/c1-17-7-13-20(14-8-17)38(29,30)33-16-22-24(37-27(4,5)35-22)23-21(34-26(2,3)36-23)15-32-25(28)18-9-11-19(31-6)12-10-18/h7-14,21-24H,15-16H2,1-6H3/t21-,22+,23+,24-/m1/s1. The van der Waals surface area contributed by atoms with Crippen LogP contribution in [0.3, 0.4) is 0 Å². The van der Waals surface area contributed by atoms with Crippen LogP contribution in [0.2, 0.25) is 0 Å². The molecule has 0 unspecified atom stereocenters. The Labute approximate surface area is 223 Å². The number of methoxy groups -OCH3 is 1. The van der Waals surface area contributed by atoms with E-state index < -0.39 is 52.1 Å². The topological polar surface area (TPSA) is 116 Å². The van der Waals surface area contributed by atoms with Crippen molar-refractivity contribution < 1.29 is 45.8 Å². The quantitative estimate of drug-likeness (QED) is 0.339. The van der Waals surface area contributed by atoms with E-state index in [1.165, 1.54) is 12.1 Å². The van der Waals surface area contributed by atoms with Crippen molar-refractivity contribution in [3.63, 3.8) is 0 Å². The second-order valence-corrected chi connectivity index (χ2v) is 11.8. The van der Waals surface area contributed by atoms with Gasteiger partial charge in [-0.15, -0.1) is 0 Å². The highest BCUT2D eigenvalue weighted by Crippen LogP contribution is 2.39. The Balaban J connectivity index is 1.46. The van der Waals surface area contributed by atoms with Gasteiger partial charge in [-0.3, -0.25) is 4.18 Å². The number of rotatable bonds is 9. The molecule has 0 N–H and O–H groups in total. The highest BCUT2D eigenvalue weighted by Gasteiger charge is 2.54. The summed E-state index contributed by atoms with van der Waals surface area (Å²) in [5, 5.41) is 0. The van der Waals surface area contributed by atoms with Gasteiger partial charge < -0.3 is 28.4 Å². The third-order valence-corrected chi connectivity index (χ3v) is 7.46. The predicted octanol–water partition coefficient (Wildman–Crippen LogP) is 3.61. The minimum Gasteiger partial charge on any atom is -0.497 e. The molecule has 2 fully saturated rings. The molecular weight excluding hydrogens is 516 g/mol. The summed E-state index contributed by atoms with van der Waals surface area (Å²) in [6.07, 6.45) is -2.99. The molecule has 2 heterocycles. The normalized spacial score (nSPS) is 26.3. The summed E-state index contributed by atoms with van der Waals surface area (Å²) in [5.41, 5.74) is 1.28. The molecule has 38 heavy (non-hydrogen) atoms. The van der Waals surface area contributed by atoms with Gasteiger partial charge in [-0.2, -0.15) is 8.42 Å². The van der Waals surface area contributed by atoms with Crippen LogP contribution in [0.1, 0.15) is 43.6 Å². The number of carbonyl (C=O) groups is 1. The zero-order valence-electron chi connectivity index (χ0n) is 22.3. The van der Waals surface area contributed by atoms with Crippen molar-refractivity contribution in [2.24, 2.45) is 0 Å². The van der Waals surface area contributed by atoms with E-state index in [0.717, 1.165) is 5.56 Å². The fourth-order valence-corrected chi connectivity index (χ4v) is 5.36. The molecule has 0 aliphatic carbocycles. The number of hydrogen-bond acceptors (Lipinski definition) is 10. The Bertz CT molecular complexity index is 1220. The van der Waals surface area contributed by atoms with Gasteiger partial charge >= 0.3 is 5.97 Å². The molecule has 0 bridgehead atoms. The lowest BCUT2D eigenvalue weighted by Gasteiger charge is -2.26. The third-order valence-electron chi connectivity index (χ3n) is 6.17. The number of ether oxygens (including phenoxy) is 6. The van der Waals surface area contributed by atoms with Gasteiger partial charge in [0.2, 0.25) is 0 Å². The number of aryl methyl sites for hydroxylation is 1. The fraction of sp³-hybridized carbons (Fsp3) is 0.519. The van der Waals surface area contributed by atoms with Crippen LogP contribution in [-0.4, -0.2) is 70.7 Å². The molecule has 2 saturated heterocycles. The molecule has 10 nitrogen and oxygen atoms in total. The Hall–Kier alpha value is -2.54. The summed E-state index contributed by atoms with van der Waals surface area (Å²) in [6, 6.07) is 12.9. The molecule has 208 valence electrons. The lowest BCUT2D eigenvalue weighted by molar-refractivity contribution is -0.175. The number of esters is 1. The number of hydrogen-bond donors (Lipinski definition) is 0. The van der Waals surface area contributed by atoms with Crippen LogP contribution >= 0.6 is 0 Å². The molecule has 0 aromatic heterocycles. The number of carbonyl (C=O) groups excluding carboxylic acids is 1. The highest BCUT2D eigenvalue weighted by atomic mass is 32.2. The third kappa shape index (κ3) is 6.71.